The van der Waals surface area contributed by atoms with Gasteiger partial charge in [0.1, 0.15) is 15.8 Å². The minimum Gasteiger partial charge on any atom is -0.494 e. The lowest BCUT2D eigenvalue weighted by atomic mass is 10.1. The minimum absolute atomic E-state index is 0.368. The fraction of sp³-hybridized carbons (Fsp3) is 0.303. The van der Waals surface area contributed by atoms with E-state index in [1.807, 2.05) is 47.7 Å². The van der Waals surface area contributed by atoms with Crippen LogP contribution in [0.25, 0.3) is 30.8 Å². The molecule has 0 saturated carbocycles. The quantitative estimate of drug-likeness (QED) is 0.0528. The summed E-state index contributed by atoms with van der Waals surface area (Å²) in [4.78, 5) is 17.6. The molecule has 0 radical (unpaired) electrons. The summed E-state index contributed by atoms with van der Waals surface area (Å²) in [5.41, 5.74) is 1.31. The molecule has 5 rings (SSSR count). The van der Waals surface area contributed by atoms with Gasteiger partial charge in [0.2, 0.25) is 0 Å². The molecular formula is C33H34N2O3S4. The fourth-order valence-corrected chi connectivity index (χ4v) is 8.49. The van der Waals surface area contributed by atoms with E-state index in [2.05, 4.69) is 54.4 Å². The van der Waals surface area contributed by atoms with Gasteiger partial charge >= 0.3 is 5.97 Å². The van der Waals surface area contributed by atoms with Gasteiger partial charge in [-0.15, -0.1) is 55.6 Å². The molecule has 1 aromatic carbocycles. The van der Waals surface area contributed by atoms with Crippen LogP contribution in [0, 0.1) is 0 Å². The number of esters is 1. The summed E-state index contributed by atoms with van der Waals surface area (Å²) in [6, 6.07) is 20.4. The number of unbranched alkanes of at least 4 members (excludes halogenated alkanes) is 3. The van der Waals surface area contributed by atoms with Crippen LogP contribution in [-0.2, 0) is 16.0 Å². The number of carbonyl (C=O) groups is 1. The summed E-state index contributed by atoms with van der Waals surface area (Å²) >= 11 is 6.76. The topological polar surface area (TPSA) is 60.2 Å². The van der Waals surface area contributed by atoms with Gasteiger partial charge in [0.25, 0.3) is 0 Å². The molecule has 0 saturated heterocycles. The van der Waals surface area contributed by atoms with E-state index in [1.165, 1.54) is 34.6 Å². The molecule has 0 aliphatic rings. The van der Waals surface area contributed by atoms with Crippen molar-refractivity contribution in [3.8, 4) is 15.5 Å². The van der Waals surface area contributed by atoms with Gasteiger partial charge in [-0.2, -0.15) is 0 Å². The number of hydrogen-bond acceptors (Lipinski definition) is 9. The number of hydrogen-bond donors (Lipinski definition) is 0. The molecule has 0 fully saturated rings. The van der Waals surface area contributed by atoms with Gasteiger partial charge < -0.3 is 9.47 Å². The van der Waals surface area contributed by atoms with Gasteiger partial charge in [-0.05, 0) is 79.4 Å². The number of benzene rings is 1. The van der Waals surface area contributed by atoms with E-state index in [9.17, 15) is 4.79 Å². The molecule has 0 bridgehead atoms. The molecule has 0 spiro atoms. The number of fused-ring (bicyclic) bond motifs is 1. The first kappa shape index (κ1) is 30.4. The van der Waals surface area contributed by atoms with Crippen molar-refractivity contribution in [2.24, 2.45) is 10.2 Å². The van der Waals surface area contributed by atoms with Crippen LogP contribution < -0.4 is 4.74 Å². The van der Waals surface area contributed by atoms with Gasteiger partial charge in [-0.1, -0.05) is 45.2 Å². The third kappa shape index (κ3) is 7.83. The molecular weight excluding hydrogens is 601 g/mol. The van der Waals surface area contributed by atoms with Crippen molar-refractivity contribution in [2.75, 3.05) is 13.7 Å². The average Bonchev–Trinajstić information content (AvgIpc) is 3.80. The first-order valence-electron chi connectivity index (χ1n) is 14.2. The highest BCUT2D eigenvalue weighted by Gasteiger charge is 2.15. The van der Waals surface area contributed by atoms with E-state index in [0.717, 1.165) is 61.3 Å². The molecule has 4 heterocycles. The van der Waals surface area contributed by atoms with Crippen LogP contribution in [0.4, 0.5) is 10.0 Å². The molecule has 0 aliphatic heterocycles. The Morgan fingerprint density at radius 2 is 1.52 bits per heavy atom. The van der Waals surface area contributed by atoms with E-state index in [-0.39, 0.29) is 5.97 Å². The van der Waals surface area contributed by atoms with Crippen LogP contribution >= 0.6 is 45.3 Å². The summed E-state index contributed by atoms with van der Waals surface area (Å²) in [6.45, 7) is 5.10. The summed E-state index contributed by atoms with van der Waals surface area (Å²) in [5.74, 6) is 0.437. The fourth-order valence-electron chi connectivity index (χ4n) is 4.36. The Balaban J connectivity index is 1.27. The van der Waals surface area contributed by atoms with Crippen molar-refractivity contribution in [2.45, 2.75) is 52.4 Å². The molecule has 0 aliphatic carbocycles. The number of ether oxygens (including phenoxy) is 2. The van der Waals surface area contributed by atoms with Crippen LogP contribution in [0.15, 0.2) is 70.9 Å². The monoisotopic (exact) mass is 634 g/mol. The average molecular weight is 635 g/mol. The summed E-state index contributed by atoms with van der Waals surface area (Å²) in [5, 5.41) is 10.8. The highest BCUT2D eigenvalue weighted by Crippen LogP contribution is 2.41. The predicted octanol–water partition coefficient (Wildman–Crippen LogP) is 11.8. The number of thiophene rings is 4. The lowest BCUT2D eigenvalue weighted by Crippen LogP contribution is -2.04. The SMILES string of the molecule is CCCCCOc1ccc(/C(=C/c2cc3sc(N=Nc4ccc(-c5ccc(CCCC)s5)s4)cc3s2)C(=O)OC)cc1. The smallest absolute Gasteiger partial charge is 0.338 e. The first-order chi connectivity index (χ1) is 20.6. The molecule has 0 unspecified atom stereocenters. The van der Waals surface area contributed by atoms with Gasteiger partial charge in [-0.25, -0.2) is 4.79 Å². The van der Waals surface area contributed by atoms with Gasteiger partial charge in [-0.3, -0.25) is 0 Å². The van der Waals surface area contributed by atoms with Crippen molar-refractivity contribution in [3.63, 3.8) is 0 Å². The zero-order valence-electron chi connectivity index (χ0n) is 24.1. The Morgan fingerprint density at radius 3 is 2.29 bits per heavy atom. The molecule has 9 heteroatoms. The molecule has 0 amide bonds. The zero-order chi connectivity index (χ0) is 29.3. The van der Waals surface area contributed by atoms with Crippen molar-refractivity contribution in [3.05, 3.63) is 76.0 Å². The maximum absolute atomic E-state index is 12.7. The second-order valence-electron chi connectivity index (χ2n) is 9.80. The highest BCUT2D eigenvalue weighted by molar-refractivity contribution is 7.30. The van der Waals surface area contributed by atoms with E-state index in [4.69, 9.17) is 9.47 Å². The Hall–Kier alpha value is -3.11. The van der Waals surface area contributed by atoms with E-state index in [0.29, 0.717) is 12.2 Å². The van der Waals surface area contributed by atoms with Crippen molar-refractivity contribution in [1.82, 2.24) is 0 Å². The number of carbonyl (C=O) groups excluding carboxylic acids is 1. The lowest BCUT2D eigenvalue weighted by molar-refractivity contribution is -0.133. The molecule has 4 aromatic heterocycles. The Bertz CT molecular complexity index is 1640. The van der Waals surface area contributed by atoms with E-state index < -0.39 is 0 Å². The van der Waals surface area contributed by atoms with Crippen LogP contribution in [-0.4, -0.2) is 19.7 Å². The van der Waals surface area contributed by atoms with Crippen molar-refractivity contribution < 1.29 is 14.3 Å². The van der Waals surface area contributed by atoms with Crippen LogP contribution in [0.5, 0.6) is 5.75 Å². The third-order valence-corrected chi connectivity index (χ3v) is 11.0. The summed E-state index contributed by atoms with van der Waals surface area (Å²) in [6.07, 6.45) is 8.84. The number of azo groups is 1. The van der Waals surface area contributed by atoms with Crippen molar-refractivity contribution in [1.29, 1.82) is 0 Å². The maximum atomic E-state index is 12.7. The van der Waals surface area contributed by atoms with Crippen molar-refractivity contribution >= 4 is 82.4 Å². The third-order valence-electron chi connectivity index (χ3n) is 6.61. The molecule has 0 atom stereocenters. The number of aryl methyl sites for hydroxylation is 1. The maximum Gasteiger partial charge on any atom is 0.338 e. The molecule has 5 aromatic rings. The molecule has 218 valence electrons. The Morgan fingerprint density at radius 1 is 0.786 bits per heavy atom. The number of nitrogens with zero attached hydrogens (tertiary/aromatic N) is 2. The molecule has 5 nitrogen and oxygen atoms in total. The van der Waals surface area contributed by atoms with Gasteiger partial charge in [0, 0.05) is 28.9 Å². The second-order valence-corrected chi connectivity index (χ2v) is 14.2. The van der Waals surface area contributed by atoms with Gasteiger partial charge in [0.15, 0.2) is 0 Å². The highest BCUT2D eigenvalue weighted by atomic mass is 32.1. The number of methoxy groups -OCH3 is 1. The van der Waals surface area contributed by atoms with E-state index >= 15 is 0 Å². The molecule has 0 N–H and O–H groups in total. The minimum atomic E-state index is -0.368. The molecule has 42 heavy (non-hydrogen) atoms. The largest absolute Gasteiger partial charge is 0.494 e. The van der Waals surface area contributed by atoms with Gasteiger partial charge in [0.05, 0.1) is 19.3 Å². The summed E-state index contributed by atoms with van der Waals surface area (Å²) < 4.78 is 13.2. The first-order valence-corrected chi connectivity index (χ1v) is 17.5. The lowest BCUT2D eigenvalue weighted by Gasteiger charge is -2.09. The van der Waals surface area contributed by atoms with Crippen LogP contribution in [0.2, 0.25) is 0 Å². The summed E-state index contributed by atoms with van der Waals surface area (Å²) in [7, 11) is 1.41. The second kappa shape index (κ2) is 14.9. The van der Waals surface area contributed by atoms with E-state index in [1.54, 1.807) is 34.0 Å². The van der Waals surface area contributed by atoms with Crippen LogP contribution in [0.1, 0.15) is 61.3 Å². The Kier molecular flexibility index (Phi) is 10.7. The number of rotatable bonds is 14. The predicted molar refractivity (Wildman–Crippen MR) is 181 cm³/mol. The normalized spacial score (nSPS) is 12.0. The standard InChI is InChI=1S/C33H34N2O3S4/c1-4-6-8-18-38-23-12-10-22(11-13-23)26(33(36)37-3)19-25-20-29-30(40-25)21-32(42-29)35-34-31-17-16-28(41-31)27-15-14-24(39-27)9-7-5-2/h10-17,19-21H,4-9,18H2,1-3H3/b26-19-,35-34?. The van der Waals surface area contributed by atoms with Crippen LogP contribution in [0.3, 0.4) is 0 Å². The Labute approximate surface area is 263 Å². The zero-order valence-corrected chi connectivity index (χ0v) is 27.3.